The smallest absolute Gasteiger partial charge is 0.353 e. The second kappa shape index (κ2) is 7.87. The van der Waals surface area contributed by atoms with Gasteiger partial charge in [-0.15, -0.1) is 0 Å². The molecule has 1 aliphatic carbocycles. The summed E-state index contributed by atoms with van der Waals surface area (Å²) < 4.78 is 13.0. The summed E-state index contributed by atoms with van der Waals surface area (Å²) in [5.41, 5.74) is 0.319. The number of nitrogens with one attached hydrogen (secondary N) is 2. The molecule has 1 aromatic carbocycles. The fourth-order valence-corrected chi connectivity index (χ4v) is 3.04. The Bertz CT molecular complexity index is 730. The van der Waals surface area contributed by atoms with E-state index in [4.69, 9.17) is 0 Å². The first-order valence-corrected chi connectivity index (χ1v) is 8.42. The molecule has 25 heavy (non-hydrogen) atoms. The number of hydrogen-bond acceptors (Lipinski definition) is 6. The highest BCUT2D eigenvalue weighted by atomic mass is 19.1. The molecule has 0 aliphatic heterocycles. The summed E-state index contributed by atoms with van der Waals surface area (Å²) in [6.45, 7) is 0. The van der Waals surface area contributed by atoms with Crippen molar-refractivity contribution < 1.29 is 9.31 Å². The van der Waals surface area contributed by atoms with Crippen molar-refractivity contribution in [2.24, 2.45) is 0 Å². The van der Waals surface area contributed by atoms with E-state index in [-0.39, 0.29) is 29.2 Å². The highest BCUT2D eigenvalue weighted by molar-refractivity contribution is 5.73. The fourth-order valence-electron chi connectivity index (χ4n) is 3.04. The standard InChI is InChI=1S/C17H20FN5O2/c18-12-7-9-14(10-8-12)22-17-15(23(24)25)16(19-11-20-17)21-13-5-3-1-2-4-6-13/h7-11,13H,1-6H2,(H2,19,20,21,22). The lowest BCUT2D eigenvalue weighted by Crippen LogP contribution is -2.20. The number of anilines is 3. The van der Waals surface area contributed by atoms with Gasteiger partial charge in [0.2, 0.25) is 11.6 Å². The number of rotatable bonds is 5. The summed E-state index contributed by atoms with van der Waals surface area (Å²) in [7, 11) is 0. The van der Waals surface area contributed by atoms with Gasteiger partial charge in [-0.3, -0.25) is 10.1 Å². The van der Waals surface area contributed by atoms with Crippen molar-refractivity contribution in [2.45, 2.75) is 44.6 Å². The maximum absolute atomic E-state index is 13.0. The third-order valence-corrected chi connectivity index (χ3v) is 4.31. The molecular weight excluding hydrogens is 325 g/mol. The molecule has 0 unspecified atom stereocenters. The van der Waals surface area contributed by atoms with Crippen LogP contribution >= 0.6 is 0 Å². The number of aromatic nitrogens is 2. The van der Waals surface area contributed by atoms with Crippen molar-refractivity contribution >= 4 is 23.0 Å². The van der Waals surface area contributed by atoms with E-state index in [2.05, 4.69) is 20.6 Å². The van der Waals surface area contributed by atoms with Crippen LogP contribution in [-0.2, 0) is 0 Å². The minimum absolute atomic E-state index is 0.0859. The molecule has 0 bridgehead atoms. The normalized spacial score (nSPS) is 15.4. The SMILES string of the molecule is O=[N+]([O-])c1c(Nc2ccc(F)cc2)ncnc1NC1CCCCCC1. The second-order valence-electron chi connectivity index (χ2n) is 6.14. The van der Waals surface area contributed by atoms with E-state index < -0.39 is 4.92 Å². The van der Waals surface area contributed by atoms with E-state index in [0.717, 1.165) is 25.7 Å². The largest absolute Gasteiger partial charge is 0.361 e. The van der Waals surface area contributed by atoms with Crippen molar-refractivity contribution in [2.75, 3.05) is 10.6 Å². The predicted octanol–water partition coefficient (Wildman–Crippen LogP) is 4.40. The van der Waals surface area contributed by atoms with E-state index in [0.29, 0.717) is 5.69 Å². The van der Waals surface area contributed by atoms with Crippen LogP contribution in [0, 0.1) is 15.9 Å². The van der Waals surface area contributed by atoms with E-state index in [9.17, 15) is 14.5 Å². The number of halogens is 1. The van der Waals surface area contributed by atoms with Crippen LogP contribution in [0.25, 0.3) is 0 Å². The van der Waals surface area contributed by atoms with E-state index >= 15 is 0 Å². The molecule has 2 N–H and O–H groups in total. The lowest BCUT2D eigenvalue weighted by molar-refractivity contribution is -0.383. The van der Waals surface area contributed by atoms with Gasteiger partial charge in [0.1, 0.15) is 12.1 Å². The Labute approximate surface area is 144 Å². The molecule has 1 aliphatic rings. The van der Waals surface area contributed by atoms with Gasteiger partial charge in [0.05, 0.1) is 4.92 Å². The van der Waals surface area contributed by atoms with Crippen molar-refractivity contribution in [3.8, 4) is 0 Å². The van der Waals surface area contributed by atoms with Crippen LogP contribution < -0.4 is 10.6 Å². The molecule has 8 heteroatoms. The Morgan fingerprint density at radius 3 is 2.32 bits per heavy atom. The highest BCUT2D eigenvalue weighted by Crippen LogP contribution is 2.32. The first kappa shape index (κ1) is 17.1. The quantitative estimate of drug-likeness (QED) is 0.474. The Kier molecular flexibility index (Phi) is 5.37. The molecule has 0 saturated heterocycles. The Balaban J connectivity index is 1.85. The number of nitro groups is 1. The van der Waals surface area contributed by atoms with Crippen molar-refractivity contribution in [3.63, 3.8) is 0 Å². The van der Waals surface area contributed by atoms with Crippen LogP contribution in [0.5, 0.6) is 0 Å². The van der Waals surface area contributed by atoms with Crippen LogP contribution in [-0.4, -0.2) is 20.9 Å². The van der Waals surface area contributed by atoms with E-state index in [1.165, 1.54) is 43.4 Å². The van der Waals surface area contributed by atoms with Gasteiger partial charge in [-0.25, -0.2) is 14.4 Å². The van der Waals surface area contributed by atoms with Crippen LogP contribution in [0.1, 0.15) is 38.5 Å². The minimum atomic E-state index is -0.495. The minimum Gasteiger partial charge on any atom is -0.361 e. The third-order valence-electron chi connectivity index (χ3n) is 4.31. The Morgan fingerprint density at radius 1 is 1.04 bits per heavy atom. The summed E-state index contributed by atoms with van der Waals surface area (Å²) in [5.74, 6) is -0.0716. The zero-order chi connectivity index (χ0) is 17.6. The molecule has 3 rings (SSSR count). The molecule has 0 amide bonds. The Hall–Kier alpha value is -2.77. The maximum atomic E-state index is 13.0. The fraction of sp³-hybridized carbons (Fsp3) is 0.412. The molecule has 1 heterocycles. The first-order valence-electron chi connectivity index (χ1n) is 8.42. The molecule has 0 spiro atoms. The average molecular weight is 345 g/mol. The summed E-state index contributed by atoms with van der Waals surface area (Å²) in [5, 5.41) is 17.7. The molecule has 132 valence electrons. The molecule has 2 aromatic rings. The zero-order valence-electron chi connectivity index (χ0n) is 13.7. The van der Waals surface area contributed by atoms with Gasteiger partial charge in [0.15, 0.2) is 0 Å². The number of benzene rings is 1. The van der Waals surface area contributed by atoms with E-state index in [1.807, 2.05) is 0 Å². The van der Waals surface area contributed by atoms with Crippen LogP contribution in [0.15, 0.2) is 30.6 Å². The molecule has 0 radical (unpaired) electrons. The topological polar surface area (TPSA) is 93.0 Å². The van der Waals surface area contributed by atoms with Crippen molar-refractivity contribution in [1.82, 2.24) is 9.97 Å². The lowest BCUT2D eigenvalue weighted by Gasteiger charge is -2.17. The molecule has 1 fully saturated rings. The number of nitrogens with zero attached hydrogens (tertiary/aromatic N) is 3. The van der Waals surface area contributed by atoms with Crippen LogP contribution in [0.3, 0.4) is 0 Å². The van der Waals surface area contributed by atoms with Crippen molar-refractivity contribution in [1.29, 1.82) is 0 Å². The molecule has 0 atom stereocenters. The van der Waals surface area contributed by atoms with Crippen LogP contribution in [0.2, 0.25) is 0 Å². The molecule has 7 nitrogen and oxygen atoms in total. The second-order valence-corrected chi connectivity index (χ2v) is 6.14. The van der Waals surface area contributed by atoms with Gasteiger partial charge in [-0.2, -0.15) is 0 Å². The zero-order valence-corrected chi connectivity index (χ0v) is 13.7. The molecule has 1 aromatic heterocycles. The summed E-state index contributed by atoms with van der Waals surface area (Å²) in [6.07, 6.45) is 7.85. The van der Waals surface area contributed by atoms with Crippen molar-refractivity contribution in [3.05, 3.63) is 46.5 Å². The number of hydrogen-bond donors (Lipinski definition) is 2. The monoisotopic (exact) mass is 345 g/mol. The average Bonchev–Trinajstić information content (AvgIpc) is 2.85. The summed E-state index contributed by atoms with van der Waals surface area (Å²) in [4.78, 5) is 19.2. The van der Waals surface area contributed by atoms with Gasteiger partial charge in [0, 0.05) is 11.7 Å². The maximum Gasteiger partial charge on any atom is 0.353 e. The van der Waals surface area contributed by atoms with Crippen LogP contribution in [0.4, 0.5) is 27.4 Å². The van der Waals surface area contributed by atoms with Gasteiger partial charge < -0.3 is 10.6 Å². The van der Waals surface area contributed by atoms with Gasteiger partial charge in [-0.05, 0) is 37.1 Å². The molecule has 1 saturated carbocycles. The third kappa shape index (κ3) is 4.40. The molecular formula is C17H20FN5O2. The van der Waals surface area contributed by atoms with E-state index in [1.54, 1.807) is 0 Å². The highest BCUT2D eigenvalue weighted by Gasteiger charge is 2.25. The predicted molar refractivity (Wildman–Crippen MR) is 93.5 cm³/mol. The summed E-state index contributed by atoms with van der Waals surface area (Å²) >= 11 is 0. The first-order chi connectivity index (χ1) is 12.1. The van der Waals surface area contributed by atoms with Gasteiger partial charge in [0.25, 0.3) is 0 Å². The summed E-state index contributed by atoms with van der Waals surface area (Å²) in [6, 6.07) is 5.73. The Morgan fingerprint density at radius 2 is 1.68 bits per heavy atom. The van der Waals surface area contributed by atoms with Gasteiger partial charge in [-0.1, -0.05) is 25.7 Å². The van der Waals surface area contributed by atoms with Gasteiger partial charge >= 0.3 is 5.69 Å². The lowest BCUT2D eigenvalue weighted by atomic mass is 10.1.